The van der Waals surface area contributed by atoms with E-state index in [0.29, 0.717) is 29.6 Å². The van der Waals surface area contributed by atoms with Gasteiger partial charge < -0.3 is 20.1 Å². The van der Waals surface area contributed by atoms with Gasteiger partial charge in [0.2, 0.25) is 0 Å². The molecule has 0 spiro atoms. The number of hydrogen-bond acceptors (Lipinski definition) is 3. The quantitative estimate of drug-likeness (QED) is 0.759. The van der Waals surface area contributed by atoms with Gasteiger partial charge in [-0.25, -0.2) is 4.79 Å². The monoisotopic (exact) mass is 372 g/mol. The summed E-state index contributed by atoms with van der Waals surface area (Å²) in [5.74, 6) is 0.756. The van der Waals surface area contributed by atoms with Crippen molar-refractivity contribution in [3.05, 3.63) is 59.1 Å². The van der Waals surface area contributed by atoms with E-state index in [4.69, 9.17) is 21.1 Å². The zero-order valence-electron chi connectivity index (χ0n) is 14.7. The van der Waals surface area contributed by atoms with E-state index in [1.807, 2.05) is 44.2 Å². The molecule has 0 saturated carbocycles. The van der Waals surface area contributed by atoms with Crippen molar-refractivity contribution in [1.82, 2.24) is 0 Å². The fourth-order valence-corrected chi connectivity index (χ4v) is 2.81. The Bertz CT molecular complexity index is 838. The van der Waals surface area contributed by atoms with Crippen LogP contribution in [-0.4, -0.2) is 24.8 Å². The first-order valence-corrected chi connectivity index (χ1v) is 8.79. The summed E-state index contributed by atoms with van der Waals surface area (Å²) >= 11 is 6.05. The molecule has 3 rings (SSSR count). The minimum atomic E-state index is -0.487. The number of carbonyl (C=O) groups is 1. The van der Waals surface area contributed by atoms with E-state index >= 15 is 0 Å². The standard InChI is InChI=1S/C20H21ClN2O3/c1-3-25-13-20(2)11-10-14-12-15(8-9-18(14)26-20)22-19(24)23-17-7-5-4-6-16(17)21/h4-12H,3,13H2,1-2H3,(H2,22,23,24). The number of para-hydroxylation sites is 1. The van der Waals surface area contributed by atoms with E-state index in [1.54, 1.807) is 24.3 Å². The van der Waals surface area contributed by atoms with Crippen LogP contribution in [0.1, 0.15) is 19.4 Å². The van der Waals surface area contributed by atoms with Gasteiger partial charge in [0.05, 0.1) is 17.3 Å². The third-order valence-corrected chi connectivity index (χ3v) is 4.27. The number of halogens is 1. The lowest BCUT2D eigenvalue weighted by Gasteiger charge is -2.31. The second-order valence-electron chi connectivity index (χ2n) is 6.20. The zero-order chi connectivity index (χ0) is 18.6. The van der Waals surface area contributed by atoms with Gasteiger partial charge >= 0.3 is 6.03 Å². The molecule has 6 heteroatoms. The Kier molecular flexibility index (Phi) is 5.49. The van der Waals surface area contributed by atoms with Crippen molar-refractivity contribution in [1.29, 1.82) is 0 Å². The molecule has 1 atom stereocenters. The summed E-state index contributed by atoms with van der Waals surface area (Å²) in [6.07, 6.45) is 3.95. The second-order valence-corrected chi connectivity index (χ2v) is 6.60. The zero-order valence-corrected chi connectivity index (χ0v) is 15.5. The van der Waals surface area contributed by atoms with Crippen LogP contribution >= 0.6 is 11.6 Å². The average molecular weight is 373 g/mol. The SMILES string of the molecule is CCOCC1(C)C=Cc2cc(NC(=O)Nc3ccccc3Cl)ccc2O1. The summed E-state index contributed by atoms with van der Waals surface area (Å²) < 4.78 is 11.5. The molecule has 2 N–H and O–H groups in total. The Morgan fingerprint density at radius 3 is 2.81 bits per heavy atom. The van der Waals surface area contributed by atoms with Gasteiger partial charge in [-0.15, -0.1) is 0 Å². The van der Waals surface area contributed by atoms with Crippen LogP contribution < -0.4 is 15.4 Å². The van der Waals surface area contributed by atoms with Crippen molar-refractivity contribution in [2.45, 2.75) is 19.4 Å². The summed E-state index contributed by atoms with van der Waals surface area (Å²) in [4.78, 5) is 12.2. The van der Waals surface area contributed by atoms with Gasteiger partial charge in [-0.05, 0) is 50.3 Å². The van der Waals surface area contributed by atoms with Gasteiger partial charge in [0.15, 0.2) is 0 Å². The van der Waals surface area contributed by atoms with Crippen molar-refractivity contribution < 1.29 is 14.3 Å². The van der Waals surface area contributed by atoms with Gasteiger partial charge in [-0.1, -0.05) is 29.8 Å². The summed E-state index contributed by atoms with van der Waals surface area (Å²) in [5.41, 5.74) is 1.63. The molecule has 2 amide bonds. The molecule has 0 bridgehead atoms. The lowest BCUT2D eigenvalue weighted by molar-refractivity contribution is 0.0188. The number of carbonyl (C=O) groups excluding carboxylic acids is 1. The van der Waals surface area contributed by atoms with E-state index in [0.717, 1.165) is 11.3 Å². The Morgan fingerprint density at radius 2 is 2.04 bits per heavy atom. The molecule has 136 valence electrons. The molecule has 1 aliphatic rings. The molecule has 26 heavy (non-hydrogen) atoms. The molecule has 0 saturated heterocycles. The first-order valence-electron chi connectivity index (χ1n) is 8.42. The van der Waals surface area contributed by atoms with Crippen LogP contribution in [0.5, 0.6) is 5.75 Å². The van der Waals surface area contributed by atoms with Crippen molar-refractivity contribution >= 4 is 35.1 Å². The number of hydrogen-bond donors (Lipinski definition) is 2. The molecule has 1 aliphatic heterocycles. The molecular weight excluding hydrogens is 352 g/mol. The number of urea groups is 1. The third-order valence-electron chi connectivity index (χ3n) is 3.94. The van der Waals surface area contributed by atoms with Crippen LogP contribution in [-0.2, 0) is 4.74 Å². The topological polar surface area (TPSA) is 59.6 Å². The number of nitrogens with one attached hydrogen (secondary N) is 2. The largest absolute Gasteiger partial charge is 0.480 e. The van der Waals surface area contributed by atoms with E-state index < -0.39 is 5.60 Å². The highest BCUT2D eigenvalue weighted by Crippen LogP contribution is 2.33. The lowest BCUT2D eigenvalue weighted by Crippen LogP contribution is -2.37. The molecule has 0 radical (unpaired) electrons. The molecule has 2 aromatic carbocycles. The van der Waals surface area contributed by atoms with Crippen LogP contribution in [0, 0.1) is 0 Å². The van der Waals surface area contributed by atoms with Gasteiger partial charge in [0.25, 0.3) is 0 Å². The summed E-state index contributed by atoms with van der Waals surface area (Å²) in [7, 11) is 0. The highest BCUT2D eigenvalue weighted by Gasteiger charge is 2.27. The highest BCUT2D eigenvalue weighted by atomic mass is 35.5. The second kappa shape index (κ2) is 7.81. The van der Waals surface area contributed by atoms with Crippen molar-refractivity contribution in [2.24, 2.45) is 0 Å². The average Bonchev–Trinajstić information content (AvgIpc) is 2.62. The number of anilines is 2. The smallest absolute Gasteiger partial charge is 0.323 e. The first kappa shape index (κ1) is 18.3. The van der Waals surface area contributed by atoms with Gasteiger partial charge in [0.1, 0.15) is 11.4 Å². The van der Waals surface area contributed by atoms with Crippen LogP contribution in [0.3, 0.4) is 0 Å². The normalized spacial score (nSPS) is 18.0. The molecule has 5 nitrogen and oxygen atoms in total. The van der Waals surface area contributed by atoms with Crippen molar-refractivity contribution in [3.8, 4) is 5.75 Å². The van der Waals surface area contributed by atoms with Crippen molar-refractivity contribution in [3.63, 3.8) is 0 Å². The molecule has 0 aliphatic carbocycles. The minimum absolute atomic E-state index is 0.361. The molecule has 1 heterocycles. The predicted molar refractivity (Wildman–Crippen MR) is 105 cm³/mol. The maximum atomic E-state index is 12.2. The Hall–Kier alpha value is -2.50. The summed E-state index contributed by atoms with van der Waals surface area (Å²) in [6, 6.07) is 12.2. The maximum absolute atomic E-state index is 12.2. The molecule has 1 unspecified atom stereocenters. The van der Waals surface area contributed by atoms with E-state index in [-0.39, 0.29) is 6.03 Å². The van der Waals surface area contributed by atoms with Gasteiger partial charge in [-0.3, -0.25) is 0 Å². The van der Waals surface area contributed by atoms with Crippen LogP contribution in [0.4, 0.5) is 16.2 Å². The number of benzene rings is 2. The number of fused-ring (bicyclic) bond motifs is 1. The molecule has 2 aromatic rings. The molecular formula is C20H21ClN2O3. The molecule has 0 fully saturated rings. The minimum Gasteiger partial charge on any atom is -0.480 e. The predicted octanol–water partition coefficient (Wildman–Crippen LogP) is 5.18. The highest BCUT2D eigenvalue weighted by molar-refractivity contribution is 6.33. The van der Waals surface area contributed by atoms with Crippen LogP contribution in [0.25, 0.3) is 6.08 Å². The Labute approximate surface area is 158 Å². The molecule has 0 aromatic heterocycles. The summed E-state index contributed by atoms with van der Waals surface area (Å²) in [6.45, 7) is 5.06. The lowest BCUT2D eigenvalue weighted by atomic mass is 10.0. The Balaban J connectivity index is 1.67. The van der Waals surface area contributed by atoms with Crippen molar-refractivity contribution in [2.75, 3.05) is 23.8 Å². The van der Waals surface area contributed by atoms with Crippen LogP contribution in [0.15, 0.2) is 48.5 Å². The Morgan fingerprint density at radius 1 is 1.23 bits per heavy atom. The third kappa shape index (κ3) is 4.36. The fourth-order valence-electron chi connectivity index (χ4n) is 2.63. The van der Waals surface area contributed by atoms with E-state index in [9.17, 15) is 4.79 Å². The first-order chi connectivity index (χ1) is 12.5. The maximum Gasteiger partial charge on any atom is 0.323 e. The summed E-state index contributed by atoms with van der Waals surface area (Å²) in [5, 5.41) is 6.01. The van der Waals surface area contributed by atoms with E-state index in [1.165, 1.54) is 0 Å². The van der Waals surface area contributed by atoms with E-state index in [2.05, 4.69) is 10.6 Å². The van der Waals surface area contributed by atoms with Crippen LogP contribution in [0.2, 0.25) is 5.02 Å². The van der Waals surface area contributed by atoms with Gasteiger partial charge in [-0.2, -0.15) is 0 Å². The number of amides is 2. The number of rotatable bonds is 5. The fraction of sp³-hybridized carbons (Fsp3) is 0.250. The van der Waals surface area contributed by atoms with Gasteiger partial charge in [0, 0.05) is 17.9 Å². The number of ether oxygens (including phenoxy) is 2.